The number of amides is 1. The molecule has 0 unspecified atom stereocenters. The van der Waals surface area contributed by atoms with E-state index in [2.05, 4.69) is 9.84 Å². The average molecular weight is 329 g/mol. The van der Waals surface area contributed by atoms with Crippen molar-refractivity contribution in [1.82, 2.24) is 9.78 Å². The third-order valence-electron chi connectivity index (χ3n) is 3.05. The lowest BCUT2D eigenvalue weighted by molar-refractivity contribution is -0.274. The van der Waals surface area contributed by atoms with Crippen LogP contribution in [0, 0.1) is 0 Å². The molecule has 0 fully saturated rings. The van der Waals surface area contributed by atoms with Gasteiger partial charge in [-0.1, -0.05) is 13.8 Å². The number of carbonyl (C=O) groups is 1. The molecular formula is C14H14F3N3O3. The Hall–Kier alpha value is -2.58. The zero-order chi connectivity index (χ0) is 17.4. The van der Waals surface area contributed by atoms with Crippen molar-refractivity contribution in [3.63, 3.8) is 0 Å². The summed E-state index contributed by atoms with van der Waals surface area (Å²) >= 11 is 0. The molecule has 2 rings (SSSR count). The van der Waals surface area contributed by atoms with Crippen LogP contribution >= 0.6 is 0 Å². The zero-order valence-corrected chi connectivity index (χ0v) is 12.3. The Morgan fingerprint density at radius 2 is 2.00 bits per heavy atom. The van der Waals surface area contributed by atoms with Crippen molar-refractivity contribution in [3.05, 3.63) is 34.2 Å². The molecule has 0 aliphatic rings. The van der Waals surface area contributed by atoms with Crippen LogP contribution in [0.5, 0.6) is 5.75 Å². The summed E-state index contributed by atoms with van der Waals surface area (Å²) in [6.07, 6.45) is -4.83. The molecule has 124 valence electrons. The van der Waals surface area contributed by atoms with Gasteiger partial charge in [-0.25, -0.2) is 4.68 Å². The normalized spacial score (nSPS) is 11.9. The largest absolute Gasteiger partial charge is 0.573 e. The molecule has 0 atom stereocenters. The number of hydrogen-bond donors (Lipinski definition) is 1. The van der Waals surface area contributed by atoms with Crippen LogP contribution in [0.15, 0.2) is 23.0 Å². The molecule has 0 radical (unpaired) electrons. The highest BCUT2D eigenvalue weighted by Gasteiger charge is 2.31. The molecule has 0 aliphatic heterocycles. The summed E-state index contributed by atoms with van der Waals surface area (Å²) in [6.45, 7) is 3.12. The third kappa shape index (κ3) is 3.79. The molecule has 1 heterocycles. The molecule has 0 bridgehead atoms. The zero-order valence-electron chi connectivity index (χ0n) is 12.3. The van der Waals surface area contributed by atoms with Gasteiger partial charge in [0.15, 0.2) is 0 Å². The van der Waals surface area contributed by atoms with E-state index in [9.17, 15) is 22.8 Å². The number of nitrogens with two attached hydrogens (primary N) is 1. The van der Waals surface area contributed by atoms with Crippen molar-refractivity contribution in [2.45, 2.75) is 32.7 Å². The number of fused-ring (bicyclic) bond motifs is 1. The number of nitrogens with zero attached hydrogens (tertiary/aromatic N) is 2. The first-order valence-electron chi connectivity index (χ1n) is 6.67. The molecule has 2 aromatic rings. The van der Waals surface area contributed by atoms with E-state index in [1.54, 1.807) is 13.8 Å². The van der Waals surface area contributed by atoms with Crippen LogP contribution in [0.25, 0.3) is 10.8 Å². The molecule has 1 aromatic carbocycles. The topological polar surface area (TPSA) is 87.2 Å². The van der Waals surface area contributed by atoms with Gasteiger partial charge < -0.3 is 10.5 Å². The SMILES string of the molecule is CC(C)c1nn(CC(N)=O)c(=O)c2ccc(OC(F)(F)F)cc12. The summed E-state index contributed by atoms with van der Waals surface area (Å²) in [6, 6.07) is 3.36. The van der Waals surface area contributed by atoms with Crippen molar-refractivity contribution in [2.24, 2.45) is 5.73 Å². The van der Waals surface area contributed by atoms with E-state index in [1.807, 2.05) is 0 Å². The Morgan fingerprint density at radius 1 is 1.35 bits per heavy atom. The van der Waals surface area contributed by atoms with Crippen LogP contribution in [0.1, 0.15) is 25.5 Å². The molecule has 0 saturated carbocycles. The average Bonchev–Trinajstić information content (AvgIpc) is 2.39. The van der Waals surface area contributed by atoms with E-state index < -0.39 is 30.1 Å². The predicted octanol–water partition coefficient (Wildman–Crippen LogP) is 1.90. The lowest BCUT2D eigenvalue weighted by Crippen LogP contribution is -2.31. The molecule has 6 nitrogen and oxygen atoms in total. The van der Waals surface area contributed by atoms with Crippen LogP contribution in [0.4, 0.5) is 13.2 Å². The maximum absolute atomic E-state index is 12.3. The fourth-order valence-electron chi connectivity index (χ4n) is 2.17. The molecule has 0 saturated heterocycles. The van der Waals surface area contributed by atoms with Gasteiger partial charge in [0.2, 0.25) is 5.91 Å². The van der Waals surface area contributed by atoms with Gasteiger partial charge in [-0.3, -0.25) is 9.59 Å². The number of alkyl halides is 3. The maximum Gasteiger partial charge on any atom is 0.573 e. The minimum atomic E-state index is -4.83. The van der Waals surface area contributed by atoms with Crippen molar-refractivity contribution in [1.29, 1.82) is 0 Å². The second kappa shape index (κ2) is 5.90. The van der Waals surface area contributed by atoms with Crippen LogP contribution < -0.4 is 16.0 Å². The van der Waals surface area contributed by atoms with Gasteiger partial charge in [0.1, 0.15) is 12.3 Å². The molecule has 9 heteroatoms. The Bertz CT molecular complexity index is 812. The highest BCUT2D eigenvalue weighted by Crippen LogP contribution is 2.28. The molecule has 23 heavy (non-hydrogen) atoms. The second-order valence-corrected chi connectivity index (χ2v) is 5.22. The van der Waals surface area contributed by atoms with Crippen LogP contribution in [-0.2, 0) is 11.3 Å². The number of carbonyl (C=O) groups excluding carboxylic acids is 1. The Morgan fingerprint density at radius 3 is 2.52 bits per heavy atom. The first-order chi connectivity index (χ1) is 10.6. The van der Waals surface area contributed by atoms with Crippen LogP contribution in [-0.4, -0.2) is 22.1 Å². The van der Waals surface area contributed by atoms with E-state index in [4.69, 9.17) is 5.73 Å². The number of halogens is 3. The van der Waals surface area contributed by atoms with Crippen LogP contribution in [0.2, 0.25) is 0 Å². The fourth-order valence-corrected chi connectivity index (χ4v) is 2.17. The van der Waals surface area contributed by atoms with Crippen molar-refractivity contribution in [3.8, 4) is 5.75 Å². The molecule has 0 spiro atoms. The van der Waals surface area contributed by atoms with Crippen molar-refractivity contribution >= 4 is 16.7 Å². The first-order valence-corrected chi connectivity index (χ1v) is 6.67. The minimum absolute atomic E-state index is 0.138. The van der Waals surface area contributed by atoms with Crippen LogP contribution in [0.3, 0.4) is 0 Å². The van der Waals surface area contributed by atoms with Gasteiger partial charge in [-0.15, -0.1) is 13.2 Å². The maximum atomic E-state index is 12.3. The van der Waals surface area contributed by atoms with Gasteiger partial charge in [-0.05, 0) is 24.1 Å². The van der Waals surface area contributed by atoms with E-state index in [1.165, 1.54) is 6.07 Å². The van der Waals surface area contributed by atoms with E-state index >= 15 is 0 Å². The molecule has 1 aromatic heterocycles. The molecule has 2 N–H and O–H groups in total. The number of hydrogen-bond acceptors (Lipinski definition) is 4. The van der Waals surface area contributed by atoms with Gasteiger partial charge in [0, 0.05) is 5.39 Å². The lowest BCUT2D eigenvalue weighted by Gasteiger charge is -2.14. The second-order valence-electron chi connectivity index (χ2n) is 5.22. The smallest absolute Gasteiger partial charge is 0.406 e. The van der Waals surface area contributed by atoms with E-state index in [-0.39, 0.29) is 16.7 Å². The number of benzene rings is 1. The highest BCUT2D eigenvalue weighted by molar-refractivity contribution is 5.85. The molecular weight excluding hydrogens is 315 g/mol. The van der Waals surface area contributed by atoms with Gasteiger partial charge in [0.25, 0.3) is 5.56 Å². The molecule has 1 amide bonds. The molecule has 0 aliphatic carbocycles. The number of rotatable bonds is 4. The fraction of sp³-hybridized carbons (Fsp3) is 0.357. The first kappa shape index (κ1) is 16.8. The summed E-state index contributed by atoms with van der Waals surface area (Å²) in [5.41, 5.74) is 4.83. The standard InChI is InChI=1S/C14H14F3N3O3/c1-7(2)12-10-5-8(23-14(15,16)17)3-4-9(10)13(22)20(19-12)6-11(18)21/h3-5,7H,6H2,1-2H3,(H2,18,21). The van der Waals surface area contributed by atoms with Crippen molar-refractivity contribution in [2.75, 3.05) is 0 Å². The Labute approximate surface area is 128 Å². The third-order valence-corrected chi connectivity index (χ3v) is 3.05. The van der Waals surface area contributed by atoms with E-state index in [0.717, 1.165) is 16.8 Å². The summed E-state index contributed by atoms with van der Waals surface area (Å²) in [4.78, 5) is 23.3. The Balaban J connectivity index is 2.69. The van der Waals surface area contributed by atoms with Crippen molar-refractivity contribution < 1.29 is 22.7 Å². The number of primary amides is 1. The quantitative estimate of drug-likeness (QED) is 0.928. The Kier molecular flexibility index (Phi) is 4.31. The van der Waals surface area contributed by atoms with E-state index in [0.29, 0.717) is 5.69 Å². The monoisotopic (exact) mass is 329 g/mol. The van der Waals surface area contributed by atoms with Gasteiger partial charge >= 0.3 is 6.36 Å². The summed E-state index contributed by atoms with van der Waals surface area (Å²) in [7, 11) is 0. The lowest BCUT2D eigenvalue weighted by atomic mass is 10.0. The number of aromatic nitrogens is 2. The summed E-state index contributed by atoms with van der Waals surface area (Å²) < 4.78 is 41.8. The highest BCUT2D eigenvalue weighted by atomic mass is 19.4. The van der Waals surface area contributed by atoms with Gasteiger partial charge in [-0.2, -0.15) is 5.10 Å². The minimum Gasteiger partial charge on any atom is -0.406 e. The summed E-state index contributed by atoms with van der Waals surface area (Å²) in [5.74, 6) is -1.38. The summed E-state index contributed by atoms with van der Waals surface area (Å²) in [5, 5.41) is 4.43. The predicted molar refractivity (Wildman–Crippen MR) is 76.0 cm³/mol. The number of ether oxygens (including phenoxy) is 1. The van der Waals surface area contributed by atoms with Gasteiger partial charge in [0.05, 0.1) is 11.1 Å².